The third-order valence-electron chi connectivity index (χ3n) is 9.01. The Balaban J connectivity index is 0.000000980. The molecule has 0 bridgehead atoms. The van der Waals surface area contributed by atoms with Crippen LogP contribution in [-0.4, -0.2) is 65.4 Å². The van der Waals surface area contributed by atoms with E-state index < -0.39 is 42.0 Å². The van der Waals surface area contributed by atoms with Crippen molar-refractivity contribution in [3.8, 4) is 0 Å². The van der Waals surface area contributed by atoms with Crippen LogP contribution in [0.2, 0.25) is 0 Å². The molecule has 0 spiro atoms. The van der Waals surface area contributed by atoms with Gasteiger partial charge in [0.05, 0.1) is 5.92 Å². The van der Waals surface area contributed by atoms with Gasteiger partial charge >= 0.3 is 12.1 Å². The van der Waals surface area contributed by atoms with Gasteiger partial charge in [0.1, 0.15) is 17.9 Å². The van der Waals surface area contributed by atoms with Crippen LogP contribution in [0.4, 0.5) is 13.2 Å². The highest BCUT2D eigenvalue weighted by atomic mass is 19.4. The van der Waals surface area contributed by atoms with Crippen LogP contribution in [0.3, 0.4) is 0 Å². The van der Waals surface area contributed by atoms with Crippen molar-refractivity contribution in [1.29, 1.82) is 10.8 Å². The van der Waals surface area contributed by atoms with E-state index >= 15 is 0 Å². The number of nitrogens with one attached hydrogen (secondary N) is 5. The highest BCUT2D eigenvalue weighted by molar-refractivity contribution is 5.95. The maximum atomic E-state index is 14.2. The van der Waals surface area contributed by atoms with Crippen LogP contribution < -0.4 is 33.2 Å². The summed E-state index contributed by atoms with van der Waals surface area (Å²) in [5, 5.41) is 32.8. The summed E-state index contributed by atoms with van der Waals surface area (Å²) in [4.78, 5) is 49.2. The lowest BCUT2D eigenvalue weighted by atomic mass is 9.84. The number of primary amides is 1. The summed E-state index contributed by atoms with van der Waals surface area (Å²) in [5.74, 6) is -4.70. The van der Waals surface area contributed by atoms with Crippen LogP contribution in [0, 0.1) is 16.7 Å². The quantitative estimate of drug-likeness (QED) is 0.0629. The van der Waals surface area contributed by atoms with E-state index in [1.165, 1.54) is 0 Å². The lowest BCUT2D eigenvalue weighted by Gasteiger charge is -2.29. The van der Waals surface area contributed by atoms with Gasteiger partial charge in [-0.2, -0.15) is 13.2 Å². The fourth-order valence-corrected chi connectivity index (χ4v) is 6.19. The first-order chi connectivity index (χ1) is 25.0. The number of nitrogens with two attached hydrogens (primary N) is 3. The van der Waals surface area contributed by atoms with E-state index in [1.54, 1.807) is 12.1 Å². The molecule has 0 heterocycles. The van der Waals surface area contributed by atoms with Crippen LogP contribution in [-0.2, 0) is 25.6 Å². The van der Waals surface area contributed by atoms with Crippen molar-refractivity contribution in [2.24, 2.45) is 23.1 Å². The average molecular weight is 741 g/mol. The molecule has 1 fully saturated rings. The first-order valence-corrected chi connectivity index (χ1v) is 17.2. The molecular weight excluding hydrogens is 693 g/mol. The first kappa shape index (κ1) is 41.7. The molecule has 0 aliphatic heterocycles. The van der Waals surface area contributed by atoms with E-state index in [9.17, 15) is 27.6 Å². The predicted molar refractivity (Wildman–Crippen MR) is 195 cm³/mol. The molecule has 16 heteroatoms. The molecule has 12 N–H and O–H groups in total. The summed E-state index contributed by atoms with van der Waals surface area (Å²) < 4.78 is 31.7. The molecule has 13 nitrogen and oxygen atoms in total. The summed E-state index contributed by atoms with van der Waals surface area (Å²) in [6.45, 7) is 0.359. The second kappa shape index (κ2) is 19.8. The van der Waals surface area contributed by atoms with Gasteiger partial charge in [0.15, 0.2) is 5.96 Å². The van der Waals surface area contributed by atoms with E-state index in [0.717, 1.165) is 54.0 Å². The molecule has 3 atom stereocenters. The number of amidine groups is 1. The number of carbonyl (C=O) groups is 4. The third-order valence-corrected chi connectivity index (χ3v) is 9.01. The van der Waals surface area contributed by atoms with Gasteiger partial charge in [0.2, 0.25) is 17.7 Å². The molecule has 286 valence electrons. The molecule has 0 saturated heterocycles. The summed E-state index contributed by atoms with van der Waals surface area (Å²) in [5.41, 5.74) is 18.9. The molecule has 3 aromatic carbocycles. The zero-order chi connectivity index (χ0) is 39.1. The Morgan fingerprint density at radius 2 is 1.43 bits per heavy atom. The van der Waals surface area contributed by atoms with Crippen molar-refractivity contribution < 1.29 is 37.5 Å². The molecule has 53 heavy (non-hydrogen) atoms. The van der Waals surface area contributed by atoms with Crippen molar-refractivity contribution in [1.82, 2.24) is 16.0 Å². The maximum Gasteiger partial charge on any atom is 0.490 e. The van der Waals surface area contributed by atoms with Crippen LogP contribution in [0.15, 0.2) is 66.7 Å². The van der Waals surface area contributed by atoms with Crippen molar-refractivity contribution >= 4 is 46.3 Å². The number of aliphatic carboxylic acids is 1. The van der Waals surface area contributed by atoms with Gasteiger partial charge in [0.25, 0.3) is 0 Å². The van der Waals surface area contributed by atoms with Gasteiger partial charge in [-0.3, -0.25) is 25.2 Å². The Labute approximate surface area is 305 Å². The highest BCUT2D eigenvalue weighted by Gasteiger charge is 2.38. The predicted octanol–water partition coefficient (Wildman–Crippen LogP) is 3.77. The number of rotatable bonds is 15. The van der Waals surface area contributed by atoms with E-state index in [4.69, 9.17) is 37.9 Å². The van der Waals surface area contributed by atoms with Gasteiger partial charge in [-0.05, 0) is 53.5 Å². The Morgan fingerprint density at radius 3 is 2.00 bits per heavy atom. The summed E-state index contributed by atoms with van der Waals surface area (Å²) in [7, 11) is 0. The van der Waals surface area contributed by atoms with Gasteiger partial charge < -0.3 is 38.3 Å². The smallest absolute Gasteiger partial charge is 0.475 e. The SMILES string of the molecule is N=C(N)NCCCC(NC(=O)[C@H](CC1CCCCC1)NC(=O)[C@@H](Cc1ccc(C(=N)N)cc1)c1ccc2ccccc2c1)C(N)=O.O=C(O)C(F)(F)F. The summed E-state index contributed by atoms with van der Waals surface area (Å²) >= 11 is 0. The number of carboxylic acids is 1. The number of halogens is 3. The number of fused-ring (bicyclic) bond motifs is 1. The largest absolute Gasteiger partial charge is 0.490 e. The molecule has 1 aliphatic carbocycles. The fraction of sp³-hybridized carbons (Fsp3) is 0.405. The van der Waals surface area contributed by atoms with Gasteiger partial charge in [-0.25, -0.2) is 4.79 Å². The van der Waals surface area contributed by atoms with E-state index in [0.29, 0.717) is 31.4 Å². The van der Waals surface area contributed by atoms with E-state index in [1.807, 2.05) is 54.6 Å². The van der Waals surface area contributed by atoms with Gasteiger partial charge in [-0.15, -0.1) is 0 Å². The number of alkyl halides is 3. The van der Waals surface area contributed by atoms with Gasteiger partial charge in [0, 0.05) is 12.1 Å². The number of hydrogen-bond donors (Lipinski definition) is 9. The molecule has 0 radical (unpaired) electrons. The lowest BCUT2D eigenvalue weighted by Crippen LogP contribution is -2.54. The van der Waals surface area contributed by atoms with E-state index in [2.05, 4.69) is 16.0 Å². The molecule has 3 amide bonds. The van der Waals surface area contributed by atoms with Crippen molar-refractivity contribution in [3.63, 3.8) is 0 Å². The second-order valence-corrected chi connectivity index (χ2v) is 13.0. The molecule has 1 aliphatic rings. The minimum Gasteiger partial charge on any atom is -0.475 e. The van der Waals surface area contributed by atoms with Crippen LogP contribution in [0.25, 0.3) is 10.8 Å². The molecular formula is C37H47F3N8O5. The zero-order valence-electron chi connectivity index (χ0n) is 29.2. The van der Waals surface area contributed by atoms with Crippen molar-refractivity contribution in [2.45, 2.75) is 82.0 Å². The third kappa shape index (κ3) is 13.8. The van der Waals surface area contributed by atoms with Crippen molar-refractivity contribution in [2.75, 3.05) is 6.54 Å². The van der Waals surface area contributed by atoms with Gasteiger partial charge in [-0.1, -0.05) is 98.8 Å². The number of amides is 3. The average Bonchev–Trinajstić information content (AvgIpc) is 3.11. The number of hydrogen-bond acceptors (Lipinski definition) is 6. The molecule has 0 aromatic heterocycles. The van der Waals surface area contributed by atoms with Crippen molar-refractivity contribution in [3.05, 3.63) is 83.4 Å². The minimum atomic E-state index is -5.08. The lowest BCUT2D eigenvalue weighted by molar-refractivity contribution is -0.192. The Hall–Kier alpha value is -5.67. The summed E-state index contributed by atoms with van der Waals surface area (Å²) in [6.07, 6.45) is 1.75. The maximum absolute atomic E-state index is 14.2. The zero-order valence-corrected chi connectivity index (χ0v) is 29.2. The number of guanidine groups is 1. The second-order valence-electron chi connectivity index (χ2n) is 13.0. The summed E-state index contributed by atoms with van der Waals surface area (Å²) in [6, 6.07) is 19.4. The monoisotopic (exact) mass is 740 g/mol. The molecule has 1 unspecified atom stereocenters. The fourth-order valence-electron chi connectivity index (χ4n) is 6.19. The Kier molecular flexibility index (Phi) is 15.6. The van der Waals surface area contributed by atoms with Crippen LogP contribution in [0.1, 0.15) is 74.0 Å². The van der Waals surface area contributed by atoms with Crippen LogP contribution in [0.5, 0.6) is 0 Å². The van der Waals surface area contributed by atoms with Crippen LogP contribution >= 0.6 is 0 Å². The minimum absolute atomic E-state index is 0.0312. The molecule has 1 saturated carbocycles. The Morgan fingerprint density at radius 1 is 0.830 bits per heavy atom. The first-order valence-electron chi connectivity index (χ1n) is 17.2. The number of benzene rings is 3. The normalized spacial score (nSPS) is 14.8. The molecule has 4 rings (SSSR count). The molecule has 3 aromatic rings. The number of carboxylic acid groups (broad SMARTS) is 1. The van der Waals surface area contributed by atoms with E-state index in [-0.39, 0.29) is 30.0 Å². The topological polar surface area (TPSA) is 250 Å². The number of carbonyl (C=O) groups excluding carboxylic acids is 3. The number of nitrogen functional groups attached to an aromatic ring is 1. The highest BCUT2D eigenvalue weighted by Crippen LogP contribution is 2.29. The Bertz CT molecular complexity index is 1750. The standard InChI is InChI=1S/C35H46N8O3.C2HF3O2/c36-31(37)25-14-12-23(13-15-25)19-28(27-17-16-24-9-4-5-10-26(24)21-27)33(45)43-30(20-22-7-2-1-3-8-22)34(46)42-29(32(38)44)11-6-18-41-35(39)40;3-2(4,5)1(6)7/h4-5,9-10,12-17,21-22,28-30H,1-3,6-8,11,18-20H2,(H3,36,37)(H2,38,44)(H,42,46)(H,43,45)(H4,39,40,41);(H,6,7)/t28-,29?,30-;/m0./s1.